The molecule has 1 aromatic heterocycles. The van der Waals surface area contributed by atoms with Gasteiger partial charge in [-0.3, -0.25) is 4.79 Å². The first-order valence-electron chi connectivity index (χ1n) is 8.80. The van der Waals surface area contributed by atoms with Crippen LogP contribution in [0.25, 0.3) is 10.2 Å². The molecule has 3 aromatic rings. The summed E-state index contributed by atoms with van der Waals surface area (Å²) in [4.78, 5) is 19.7. The van der Waals surface area contributed by atoms with E-state index in [1.165, 1.54) is 4.70 Å². The van der Waals surface area contributed by atoms with Gasteiger partial charge >= 0.3 is 0 Å². The van der Waals surface area contributed by atoms with Gasteiger partial charge in [-0.15, -0.1) is 11.3 Å². The summed E-state index contributed by atoms with van der Waals surface area (Å²) in [5, 5.41) is 1.15. The standard InChI is InChI=1S/C20H18F2N2OS2/c21-20(22)26-15-7-5-14(6-8-15)19(25)24-11-9-13(10-12-24)18-23-16-3-1-2-4-17(16)27-18/h1-8,13,20H,9-12H2. The Balaban J connectivity index is 1.39. The molecule has 1 fully saturated rings. The third-order valence-corrected chi connectivity index (χ3v) is 6.69. The van der Waals surface area contributed by atoms with E-state index in [4.69, 9.17) is 4.98 Å². The van der Waals surface area contributed by atoms with Crippen LogP contribution in [0.2, 0.25) is 0 Å². The van der Waals surface area contributed by atoms with Crippen LogP contribution in [0.4, 0.5) is 8.78 Å². The molecule has 2 aromatic carbocycles. The number of fused-ring (bicyclic) bond motifs is 1. The van der Waals surface area contributed by atoms with E-state index in [0.717, 1.165) is 23.4 Å². The molecule has 27 heavy (non-hydrogen) atoms. The minimum absolute atomic E-state index is 0.0358. The number of halogens is 2. The fourth-order valence-electron chi connectivity index (χ4n) is 3.36. The van der Waals surface area contributed by atoms with Crippen LogP contribution in [0, 0.1) is 0 Å². The van der Waals surface area contributed by atoms with Crippen molar-refractivity contribution in [3.63, 3.8) is 0 Å². The van der Waals surface area contributed by atoms with Crippen molar-refractivity contribution in [1.29, 1.82) is 0 Å². The van der Waals surface area contributed by atoms with E-state index >= 15 is 0 Å². The van der Waals surface area contributed by atoms with Crippen LogP contribution in [0.3, 0.4) is 0 Å². The van der Waals surface area contributed by atoms with E-state index in [0.29, 0.717) is 41.2 Å². The maximum Gasteiger partial charge on any atom is 0.288 e. The summed E-state index contributed by atoms with van der Waals surface area (Å²) in [6, 6.07) is 14.6. The first-order valence-corrected chi connectivity index (χ1v) is 10.5. The average molecular weight is 405 g/mol. The number of hydrogen-bond donors (Lipinski definition) is 0. The number of piperidine rings is 1. The summed E-state index contributed by atoms with van der Waals surface area (Å²) in [7, 11) is 0. The molecule has 0 aliphatic carbocycles. The third-order valence-electron chi connectivity index (χ3n) is 4.77. The van der Waals surface area contributed by atoms with Crippen molar-refractivity contribution in [3.05, 3.63) is 59.1 Å². The van der Waals surface area contributed by atoms with Gasteiger partial charge in [-0.1, -0.05) is 23.9 Å². The van der Waals surface area contributed by atoms with E-state index < -0.39 is 5.76 Å². The van der Waals surface area contributed by atoms with Crippen LogP contribution >= 0.6 is 23.1 Å². The zero-order valence-corrected chi connectivity index (χ0v) is 16.1. The predicted octanol–water partition coefficient (Wildman–Crippen LogP) is 5.63. The smallest absolute Gasteiger partial charge is 0.288 e. The Kier molecular flexibility index (Phi) is 5.41. The maximum atomic E-state index is 12.7. The molecular formula is C20H18F2N2OS2. The second-order valence-electron chi connectivity index (χ2n) is 6.49. The zero-order chi connectivity index (χ0) is 18.8. The van der Waals surface area contributed by atoms with E-state index in [9.17, 15) is 13.6 Å². The lowest BCUT2D eigenvalue weighted by Gasteiger charge is -2.31. The number of carbonyl (C=O) groups is 1. The lowest BCUT2D eigenvalue weighted by Crippen LogP contribution is -2.37. The Morgan fingerprint density at radius 2 is 1.81 bits per heavy atom. The van der Waals surface area contributed by atoms with Crippen molar-refractivity contribution in [3.8, 4) is 0 Å². The van der Waals surface area contributed by atoms with Crippen LogP contribution in [0.1, 0.15) is 34.1 Å². The van der Waals surface area contributed by atoms with Crippen molar-refractivity contribution < 1.29 is 13.6 Å². The highest BCUT2D eigenvalue weighted by Gasteiger charge is 2.26. The molecule has 1 amide bonds. The quantitative estimate of drug-likeness (QED) is 0.528. The number of benzene rings is 2. The van der Waals surface area contributed by atoms with Gasteiger partial charge in [0.25, 0.3) is 11.7 Å². The fourth-order valence-corrected chi connectivity index (χ4v) is 4.99. The summed E-state index contributed by atoms with van der Waals surface area (Å²) in [6.07, 6.45) is 1.79. The van der Waals surface area contributed by atoms with Gasteiger partial charge < -0.3 is 4.90 Å². The lowest BCUT2D eigenvalue weighted by molar-refractivity contribution is 0.0713. The Bertz CT molecular complexity index is 902. The summed E-state index contributed by atoms with van der Waals surface area (Å²) in [5.41, 5.74) is 1.59. The van der Waals surface area contributed by atoms with Crippen molar-refractivity contribution in [2.24, 2.45) is 0 Å². The summed E-state index contributed by atoms with van der Waals surface area (Å²) < 4.78 is 26.0. The molecule has 0 unspecified atom stereocenters. The van der Waals surface area contributed by atoms with Gasteiger partial charge in [0.15, 0.2) is 0 Å². The summed E-state index contributed by atoms with van der Waals surface area (Å²) >= 11 is 2.23. The molecule has 1 aliphatic heterocycles. The Hall–Kier alpha value is -1.99. The minimum Gasteiger partial charge on any atom is -0.339 e. The van der Waals surface area contributed by atoms with Crippen molar-refractivity contribution in [1.82, 2.24) is 9.88 Å². The number of carbonyl (C=O) groups excluding carboxylic acids is 1. The SMILES string of the molecule is O=C(c1ccc(SC(F)F)cc1)N1CCC(c2nc3ccccc3s2)CC1. The van der Waals surface area contributed by atoms with Gasteiger partial charge in [-0.05, 0) is 49.2 Å². The number of thioether (sulfide) groups is 1. The van der Waals surface area contributed by atoms with Gasteiger partial charge in [-0.25, -0.2) is 4.98 Å². The summed E-state index contributed by atoms with van der Waals surface area (Å²) in [5.74, 6) is -2.10. The summed E-state index contributed by atoms with van der Waals surface area (Å²) in [6.45, 7) is 1.37. The maximum absolute atomic E-state index is 12.7. The van der Waals surface area contributed by atoms with Crippen molar-refractivity contribution in [2.75, 3.05) is 13.1 Å². The van der Waals surface area contributed by atoms with E-state index in [-0.39, 0.29) is 5.91 Å². The minimum atomic E-state index is -2.45. The fraction of sp³-hybridized carbons (Fsp3) is 0.300. The highest BCUT2D eigenvalue weighted by atomic mass is 32.2. The number of likely N-dealkylation sites (tertiary alicyclic amines) is 1. The van der Waals surface area contributed by atoms with Gasteiger partial charge in [0.2, 0.25) is 0 Å². The first kappa shape index (κ1) is 18.4. The third kappa shape index (κ3) is 4.14. The van der Waals surface area contributed by atoms with Crippen LogP contribution < -0.4 is 0 Å². The van der Waals surface area contributed by atoms with E-state index in [1.807, 2.05) is 23.1 Å². The molecule has 0 radical (unpaired) electrons. The number of hydrogen-bond acceptors (Lipinski definition) is 4. The van der Waals surface area contributed by atoms with Gasteiger partial charge in [0.1, 0.15) is 0 Å². The molecule has 2 heterocycles. The van der Waals surface area contributed by atoms with Gasteiger partial charge in [0.05, 0.1) is 15.2 Å². The number of nitrogens with zero attached hydrogens (tertiary/aromatic N) is 2. The second kappa shape index (κ2) is 7.94. The van der Waals surface area contributed by atoms with E-state index in [2.05, 4.69) is 6.07 Å². The molecule has 0 bridgehead atoms. The molecule has 1 aliphatic rings. The first-order chi connectivity index (χ1) is 13.1. The molecule has 0 atom stereocenters. The lowest BCUT2D eigenvalue weighted by atomic mass is 9.97. The Morgan fingerprint density at radius 3 is 2.48 bits per heavy atom. The van der Waals surface area contributed by atoms with Crippen molar-refractivity contribution >= 4 is 39.2 Å². The normalized spacial score (nSPS) is 15.6. The average Bonchev–Trinajstić information content (AvgIpc) is 3.12. The second-order valence-corrected chi connectivity index (χ2v) is 8.61. The number of alkyl halides is 2. The molecule has 0 spiro atoms. The van der Waals surface area contributed by atoms with Crippen LogP contribution in [0.5, 0.6) is 0 Å². The molecule has 7 heteroatoms. The predicted molar refractivity (Wildman–Crippen MR) is 106 cm³/mol. The molecule has 1 saturated heterocycles. The molecule has 3 nitrogen and oxygen atoms in total. The monoisotopic (exact) mass is 404 g/mol. The number of rotatable bonds is 4. The largest absolute Gasteiger partial charge is 0.339 e. The van der Waals surface area contributed by atoms with Gasteiger partial charge in [0, 0.05) is 29.5 Å². The zero-order valence-electron chi connectivity index (χ0n) is 14.5. The van der Waals surface area contributed by atoms with Crippen LogP contribution in [-0.4, -0.2) is 34.6 Å². The number of amides is 1. The highest BCUT2D eigenvalue weighted by Crippen LogP contribution is 2.34. The van der Waals surface area contributed by atoms with Crippen LogP contribution in [-0.2, 0) is 0 Å². The Labute approximate surface area is 164 Å². The van der Waals surface area contributed by atoms with Gasteiger partial charge in [-0.2, -0.15) is 8.78 Å². The Morgan fingerprint density at radius 1 is 1.11 bits per heavy atom. The van der Waals surface area contributed by atoms with Crippen molar-refractivity contribution in [2.45, 2.75) is 29.4 Å². The molecule has 140 valence electrons. The van der Waals surface area contributed by atoms with E-state index in [1.54, 1.807) is 35.6 Å². The van der Waals surface area contributed by atoms with Crippen LogP contribution in [0.15, 0.2) is 53.4 Å². The number of thiazole rings is 1. The highest BCUT2D eigenvalue weighted by molar-refractivity contribution is 7.99. The topological polar surface area (TPSA) is 33.2 Å². The molecule has 0 saturated carbocycles. The number of para-hydroxylation sites is 1. The molecule has 0 N–H and O–H groups in total. The number of aromatic nitrogens is 1. The molecule has 4 rings (SSSR count). The molecular weight excluding hydrogens is 386 g/mol.